The van der Waals surface area contributed by atoms with Crippen LogP contribution in [0.1, 0.15) is 38.8 Å². The smallest absolute Gasteiger partial charge is 0.149 e. The molecule has 0 fully saturated rings. The van der Waals surface area contributed by atoms with Crippen molar-refractivity contribution in [3.05, 3.63) is 57.5 Å². The maximum absolute atomic E-state index is 11.7. The van der Waals surface area contributed by atoms with E-state index >= 15 is 0 Å². The molecule has 27 heavy (non-hydrogen) atoms. The second kappa shape index (κ2) is 7.78. The fourth-order valence-corrected chi connectivity index (χ4v) is 4.94. The average molecular weight is 383 g/mol. The molecule has 0 spiro atoms. The van der Waals surface area contributed by atoms with Crippen molar-refractivity contribution in [2.75, 3.05) is 13.1 Å². The van der Waals surface area contributed by atoms with Crippen molar-refractivity contribution in [3.8, 4) is 0 Å². The number of nitrogens with two attached hydrogens (primary N) is 1. The lowest BCUT2D eigenvalue weighted by atomic mass is 9.87. The molecule has 1 aromatic rings. The van der Waals surface area contributed by atoms with Crippen molar-refractivity contribution in [1.29, 1.82) is 0 Å². The number of allylic oxidation sites excluding steroid dienone is 2. The Labute approximate surface area is 167 Å². The summed E-state index contributed by atoms with van der Waals surface area (Å²) >= 11 is 1.71. The van der Waals surface area contributed by atoms with Crippen LogP contribution in [0.5, 0.6) is 0 Å². The van der Waals surface area contributed by atoms with Gasteiger partial charge in [0.2, 0.25) is 0 Å². The molecule has 1 unspecified atom stereocenters. The summed E-state index contributed by atoms with van der Waals surface area (Å²) < 4.78 is 0. The first-order chi connectivity index (χ1) is 12.7. The summed E-state index contributed by atoms with van der Waals surface area (Å²) in [4.78, 5) is 16.3. The van der Waals surface area contributed by atoms with E-state index in [0.717, 1.165) is 29.9 Å². The predicted octanol–water partition coefficient (Wildman–Crippen LogP) is 4.78. The number of aryl methyl sites for hydroxylation is 1. The van der Waals surface area contributed by atoms with Gasteiger partial charge in [-0.3, -0.25) is 9.69 Å². The number of carbonyl (C=O) groups excluding carboxylic acids is 1. The van der Waals surface area contributed by atoms with E-state index in [1.54, 1.807) is 11.8 Å². The first kappa shape index (κ1) is 20.1. The second-order valence-electron chi connectivity index (χ2n) is 8.49. The number of fused-ring (bicyclic) bond motifs is 2. The Bertz CT molecular complexity index is 825. The van der Waals surface area contributed by atoms with E-state index in [9.17, 15) is 4.79 Å². The van der Waals surface area contributed by atoms with Crippen LogP contribution in [0.25, 0.3) is 6.08 Å². The molecule has 144 valence electrons. The van der Waals surface area contributed by atoms with Gasteiger partial charge in [0.15, 0.2) is 0 Å². The van der Waals surface area contributed by atoms with Crippen molar-refractivity contribution >= 4 is 24.1 Å². The Balaban J connectivity index is 2.15. The van der Waals surface area contributed by atoms with Crippen LogP contribution >= 0.6 is 11.8 Å². The summed E-state index contributed by atoms with van der Waals surface area (Å²) in [5.74, 6) is 0.968. The number of aldehydes is 1. The highest BCUT2D eigenvalue weighted by Gasteiger charge is 2.40. The molecule has 0 saturated heterocycles. The van der Waals surface area contributed by atoms with E-state index in [4.69, 9.17) is 5.73 Å². The molecule has 4 heteroatoms. The Kier molecular flexibility index (Phi) is 5.80. The highest BCUT2D eigenvalue weighted by molar-refractivity contribution is 8.03. The van der Waals surface area contributed by atoms with Gasteiger partial charge in [0.25, 0.3) is 0 Å². The predicted molar refractivity (Wildman–Crippen MR) is 115 cm³/mol. The monoisotopic (exact) mass is 382 g/mol. The van der Waals surface area contributed by atoms with Crippen LogP contribution in [0.3, 0.4) is 0 Å². The quantitative estimate of drug-likeness (QED) is 0.568. The van der Waals surface area contributed by atoms with Gasteiger partial charge < -0.3 is 5.73 Å². The molecule has 0 saturated carbocycles. The maximum atomic E-state index is 11.7. The summed E-state index contributed by atoms with van der Waals surface area (Å²) in [6.07, 6.45) is 7.05. The molecule has 2 N–H and O–H groups in total. The molecular weight excluding hydrogens is 352 g/mol. The zero-order valence-electron chi connectivity index (χ0n) is 17.0. The van der Waals surface area contributed by atoms with E-state index in [1.165, 1.54) is 16.0 Å². The third-order valence-corrected chi connectivity index (χ3v) is 6.05. The summed E-state index contributed by atoms with van der Waals surface area (Å²) in [5.41, 5.74) is 10.5. The molecule has 2 aliphatic rings. The molecule has 3 rings (SSSR count). The highest BCUT2D eigenvalue weighted by atomic mass is 32.2. The molecule has 0 radical (unpaired) electrons. The van der Waals surface area contributed by atoms with E-state index in [-0.39, 0.29) is 0 Å². The Hall–Kier alpha value is -1.62. The third kappa shape index (κ3) is 4.13. The van der Waals surface area contributed by atoms with Gasteiger partial charge in [-0.15, -0.1) is 0 Å². The first-order valence-electron chi connectivity index (χ1n) is 9.67. The molecule has 1 aliphatic carbocycles. The largest absolute Gasteiger partial charge is 0.306 e. The minimum absolute atomic E-state index is 0.484. The van der Waals surface area contributed by atoms with Crippen molar-refractivity contribution < 1.29 is 4.79 Å². The molecule has 1 aliphatic heterocycles. The van der Waals surface area contributed by atoms with Crippen LogP contribution in [0.4, 0.5) is 0 Å². The number of rotatable bonds is 6. The average Bonchev–Trinajstić information content (AvgIpc) is 2.59. The topological polar surface area (TPSA) is 46.3 Å². The normalized spacial score (nSPS) is 21.6. The van der Waals surface area contributed by atoms with Gasteiger partial charge in [0.05, 0.1) is 0 Å². The molecule has 0 aromatic heterocycles. The lowest BCUT2D eigenvalue weighted by Gasteiger charge is -2.45. The zero-order chi connectivity index (χ0) is 19.8. The zero-order valence-corrected chi connectivity index (χ0v) is 17.8. The van der Waals surface area contributed by atoms with Crippen molar-refractivity contribution in [2.24, 2.45) is 17.6 Å². The van der Waals surface area contributed by atoms with Crippen LogP contribution in [-0.2, 0) is 4.79 Å². The molecule has 1 atom stereocenters. The van der Waals surface area contributed by atoms with Gasteiger partial charge in [0, 0.05) is 34.0 Å². The van der Waals surface area contributed by atoms with E-state index in [2.05, 4.69) is 63.8 Å². The Morgan fingerprint density at radius 2 is 1.81 bits per heavy atom. The van der Waals surface area contributed by atoms with Crippen molar-refractivity contribution in [2.45, 2.75) is 45.2 Å². The van der Waals surface area contributed by atoms with E-state index in [0.29, 0.717) is 17.4 Å². The van der Waals surface area contributed by atoms with Crippen molar-refractivity contribution in [3.63, 3.8) is 0 Å². The SMILES string of the molecule is Cc1ccc2c(c1)C=C1C(=CC(C=O)=CC1(N)N(CC(C)C)CC(C)C)S2. The number of carbonyl (C=O) groups is 1. The lowest BCUT2D eigenvalue weighted by molar-refractivity contribution is -0.104. The van der Waals surface area contributed by atoms with Crippen molar-refractivity contribution in [1.82, 2.24) is 4.90 Å². The fourth-order valence-electron chi connectivity index (χ4n) is 3.81. The summed E-state index contributed by atoms with van der Waals surface area (Å²) in [5, 5.41) is 0. The minimum atomic E-state index is -0.775. The summed E-state index contributed by atoms with van der Waals surface area (Å²) in [7, 11) is 0. The second-order valence-corrected chi connectivity index (χ2v) is 9.57. The number of hydrogen-bond donors (Lipinski definition) is 1. The molecule has 1 aromatic carbocycles. The van der Waals surface area contributed by atoms with Crippen LogP contribution in [0.15, 0.2) is 51.3 Å². The number of nitrogens with zero attached hydrogens (tertiary/aromatic N) is 1. The third-order valence-electron chi connectivity index (χ3n) is 4.90. The van der Waals surface area contributed by atoms with E-state index in [1.807, 2.05) is 12.2 Å². The maximum Gasteiger partial charge on any atom is 0.149 e. The molecule has 0 bridgehead atoms. The van der Waals surface area contributed by atoms with Gasteiger partial charge in [-0.25, -0.2) is 0 Å². The molecule has 3 nitrogen and oxygen atoms in total. The van der Waals surface area contributed by atoms with Crippen LogP contribution in [0, 0.1) is 18.8 Å². The summed E-state index contributed by atoms with van der Waals surface area (Å²) in [6, 6.07) is 6.49. The van der Waals surface area contributed by atoms with E-state index < -0.39 is 5.66 Å². The molecule has 1 heterocycles. The lowest BCUT2D eigenvalue weighted by Crippen LogP contribution is -2.59. The first-order valence-corrected chi connectivity index (χ1v) is 10.5. The van der Waals surface area contributed by atoms with Gasteiger partial charge >= 0.3 is 0 Å². The number of thioether (sulfide) groups is 1. The van der Waals surface area contributed by atoms with Crippen LogP contribution < -0.4 is 5.73 Å². The number of benzene rings is 1. The van der Waals surface area contributed by atoms with Crippen LogP contribution in [0.2, 0.25) is 0 Å². The van der Waals surface area contributed by atoms with Gasteiger partial charge in [0.1, 0.15) is 11.9 Å². The highest BCUT2D eigenvalue weighted by Crippen LogP contribution is 2.47. The fraction of sp³-hybridized carbons (Fsp3) is 0.435. The Morgan fingerprint density at radius 1 is 1.15 bits per heavy atom. The minimum Gasteiger partial charge on any atom is -0.306 e. The van der Waals surface area contributed by atoms with Crippen LogP contribution in [-0.4, -0.2) is 29.9 Å². The van der Waals surface area contributed by atoms with Gasteiger partial charge in [-0.2, -0.15) is 0 Å². The number of hydrogen-bond acceptors (Lipinski definition) is 4. The summed E-state index contributed by atoms with van der Waals surface area (Å²) in [6.45, 7) is 12.7. The molecular formula is C23H30N2OS. The standard InChI is InChI=1S/C23H30N2OS/c1-15(2)12-25(13-16(3)4)23(24)11-18(14-26)9-22-20(23)10-19-8-17(5)6-7-21(19)27-22/h6-11,14-16H,12-13,24H2,1-5H3. The Morgan fingerprint density at radius 3 is 2.41 bits per heavy atom. The van der Waals surface area contributed by atoms with Gasteiger partial charge in [-0.05, 0) is 48.6 Å². The molecule has 0 amide bonds. The van der Waals surface area contributed by atoms with Gasteiger partial charge in [-0.1, -0.05) is 57.2 Å².